The molecule has 6 heteroatoms. The Balaban J connectivity index is 2.06. The molecule has 1 aliphatic heterocycles. The van der Waals surface area contributed by atoms with Gasteiger partial charge in [0.05, 0.1) is 18.1 Å². The summed E-state index contributed by atoms with van der Waals surface area (Å²) >= 11 is 0. The van der Waals surface area contributed by atoms with Crippen LogP contribution in [0, 0.1) is 25.2 Å². The normalized spacial score (nSPS) is 16.7. The number of carbonyl (C=O) groups excluding carboxylic acids is 1. The van der Waals surface area contributed by atoms with Crippen LogP contribution in [0.25, 0.3) is 21.8 Å². The number of aryl methyl sites for hydroxylation is 2. The molecule has 1 aromatic heterocycles. The fraction of sp³-hybridized carbons (Fsp3) is 0.250. The summed E-state index contributed by atoms with van der Waals surface area (Å²) in [5.74, 6) is -0.786. The van der Waals surface area contributed by atoms with Crippen molar-refractivity contribution in [2.45, 2.75) is 33.6 Å². The van der Waals surface area contributed by atoms with Crippen molar-refractivity contribution in [3.05, 3.63) is 69.8 Å². The van der Waals surface area contributed by atoms with Gasteiger partial charge in [-0.3, -0.25) is 0 Å². The first kappa shape index (κ1) is 19.6. The average molecular weight is 401 g/mol. The number of esters is 1. The van der Waals surface area contributed by atoms with E-state index in [1.165, 1.54) is 0 Å². The van der Waals surface area contributed by atoms with Gasteiger partial charge in [0.15, 0.2) is 0 Å². The van der Waals surface area contributed by atoms with Gasteiger partial charge in [0.1, 0.15) is 17.4 Å². The summed E-state index contributed by atoms with van der Waals surface area (Å²) in [5, 5.41) is 12.0. The highest BCUT2D eigenvalue weighted by atomic mass is 16.5. The molecule has 152 valence electrons. The number of H-pyrrole nitrogens is 1. The number of hydrogen-bond acceptors (Lipinski definition) is 5. The monoisotopic (exact) mass is 401 g/mol. The number of aromatic amines is 1. The van der Waals surface area contributed by atoms with Gasteiger partial charge in [-0.15, -0.1) is 0 Å². The molecule has 1 atom stereocenters. The van der Waals surface area contributed by atoms with Gasteiger partial charge in [-0.25, -0.2) is 4.79 Å². The Hall–Kier alpha value is -3.72. The fourth-order valence-electron chi connectivity index (χ4n) is 4.35. The van der Waals surface area contributed by atoms with Crippen molar-refractivity contribution in [3.63, 3.8) is 0 Å². The topological polar surface area (TPSA) is 101 Å². The van der Waals surface area contributed by atoms with Crippen LogP contribution >= 0.6 is 0 Å². The number of hydrogen-bond donors (Lipinski definition) is 2. The second-order valence-electron chi connectivity index (χ2n) is 7.44. The molecular weight excluding hydrogens is 378 g/mol. The van der Waals surface area contributed by atoms with Gasteiger partial charge in [-0.2, -0.15) is 5.26 Å². The molecule has 30 heavy (non-hydrogen) atoms. The number of benzene rings is 2. The van der Waals surface area contributed by atoms with Crippen LogP contribution in [0.4, 0.5) is 0 Å². The van der Waals surface area contributed by atoms with Gasteiger partial charge in [0, 0.05) is 21.8 Å². The molecule has 0 saturated carbocycles. The number of ether oxygens (including phenoxy) is 2. The maximum atomic E-state index is 12.8. The number of nitrogens with zero attached hydrogens (tertiary/aromatic N) is 1. The second kappa shape index (κ2) is 7.27. The Morgan fingerprint density at radius 2 is 2.03 bits per heavy atom. The summed E-state index contributed by atoms with van der Waals surface area (Å²) in [4.78, 5) is 16.3. The third kappa shape index (κ3) is 2.82. The number of aromatic nitrogens is 1. The first-order valence-corrected chi connectivity index (χ1v) is 9.85. The van der Waals surface area contributed by atoms with Gasteiger partial charge >= 0.3 is 5.97 Å². The first-order valence-electron chi connectivity index (χ1n) is 9.85. The van der Waals surface area contributed by atoms with Gasteiger partial charge < -0.3 is 20.2 Å². The highest BCUT2D eigenvalue weighted by Crippen LogP contribution is 2.44. The lowest BCUT2D eigenvalue weighted by Gasteiger charge is -2.28. The fourth-order valence-corrected chi connectivity index (χ4v) is 4.35. The molecule has 0 spiro atoms. The van der Waals surface area contributed by atoms with Crippen LogP contribution in [0.1, 0.15) is 36.5 Å². The van der Waals surface area contributed by atoms with Crippen molar-refractivity contribution in [2.24, 2.45) is 5.73 Å². The Kier molecular flexibility index (Phi) is 4.75. The van der Waals surface area contributed by atoms with Crippen LogP contribution < -0.4 is 5.73 Å². The number of rotatable bonds is 3. The highest BCUT2D eigenvalue weighted by molar-refractivity contribution is 6.10. The standard InChI is InChI=1S/C24H23N3O3/c1-5-29-24(28)20-14(4)30-23(26)17(11-25)21(20)16-10-12(2)22-19(13(16)3)15-8-6-7-9-18(15)27-22/h6-10,21,27H,5,26H2,1-4H3. The largest absolute Gasteiger partial charge is 0.463 e. The summed E-state index contributed by atoms with van der Waals surface area (Å²) in [7, 11) is 0. The second-order valence-corrected chi connectivity index (χ2v) is 7.44. The minimum absolute atomic E-state index is 0.0177. The number of allylic oxidation sites excluding steroid dienone is 2. The molecule has 6 nitrogen and oxygen atoms in total. The lowest BCUT2D eigenvalue weighted by Crippen LogP contribution is -2.26. The van der Waals surface area contributed by atoms with E-state index in [9.17, 15) is 10.1 Å². The van der Waals surface area contributed by atoms with E-state index in [0.717, 1.165) is 38.5 Å². The Morgan fingerprint density at radius 1 is 1.30 bits per heavy atom. The molecule has 0 saturated heterocycles. The molecular formula is C24H23N3O3. The van der Waals surface area contributed by atoms with Crippen molar-refractivity contribution in [2.75, 3.05) is 6.61 Å². The van der Waals surface area contributed by atoms with E-state index in [1.54, 1.807) is 13.8 Å². The summed E-state index contributed by atoms with van der Waals surface area (Å²) < 4.78 is 10.8. The summed E-state index contributed by atoms with van der Waals surface area (Å²) in [6, 6.07) is 12.3. The predicted octanol–water partition coefficient (Wildman–Crippen LogP) is 4.58. The van der Waals surface area contributed by atoms with Crippen LogP contribution in [0.3, 0.4) is 0 Å². The van der Waals surface area contributed by atoms with Crippen molar-refractivity contribution in [1.29, 1.82) is 5.26 Å². The zero-order valence-electron chi connectivity index (χ0n) is 17.4. The third-order valence-corrected chi connectivity index (χ3v) is 5.69. The van der Waals surface area contributed by atoms with E-state index in [0.29, 0.717) is 11.3 Å². The van der Waals surface area contributed by atoms with Crippen LogP contribution in [0.2, 0.25) is 0 Å². The molecule has 0 aliphatic carbocycles. The number of nitrogens with two attached hydrogens (primary N) is 1. The van der Waals surface area contributed by atoms with Crippen molar-refractivity contribution >= 4 is 27.8 Å². The van der Waals surface area contributed by atoms with Crippen molar-refractivity contribution < 1.29 is 14.3 Å². The van der Waals surface area contributed by atoms with Gasteiger partial charge in [0.25, 0.3) is 0 Å². The lowest BCUT2D eigenvalue weighted by atomic mass is 9.79. The summed E-state index contributed by atoms with van der Waals surface area (Å²) in [5.41, 5.74) is 11.5. The smallest absolute Gasteiger partial charge is 0.338 e. The lowest BCUT2D eigenvalue weighted by molar-refractivity contribution is -0.139. The molecule has 1 unspecified atom stereocenters. The number of nitrogens with one attached hydrogen (secondary N) is 1. The zero-order valence-corrected chi connectivity index (χ0v) is 17.4. The van der Waals surface area contributed by atoms with E-state index >= 15 is 0 Å². The molecule has 4 rings (SSSR count). The maximum Gasteiger partial charge on any atom is 0.338 e. The number of carbonyl (C=O) groups is 1. The van der Waals surface area contributed by atoms with Crippen LogP contribution in [0.15, 0.2) is 53.1 Å². The van der Waals surface area contributed by atoms with E-state index in [4.69, 9.17) is 15.2 Å². The molecule has 2 aromatic carbocycles. The number of para-hydroxylation sites is 1. The molecule has 3 N–H and O–H groups in total. The SMILES string of the molecule is CCOC(=O)C1=C(C)OC(N)=C(C#N)C1c1cc(C)c2[nH]c3ccccc3c2c1C. The molecule has 0 amide bonds. The molecule has 0 fully saturated rings. The third-order valence-electron chi connectivity index (χ3n) is 5.69. The Bertz CT molecular complexity index is 1300. The Labute approximate surface area is 174 Å². The van der Waals surface area contributed by atoms with Crippen LogP contribution in [-0.2, 0) is 14.3 Å². The molecule has 1 aliphatic rings. The maximum absolute atomic E-state index is 12.8. The van der Waals surface area contributed by atoms with E-state index < -0.39 is 11.9 Å². The average Bonchev–Trinajstić information content (AvgIpc) is 3.11. The molecule has 3 aromatic rings. The molecule has 0 radical (unpaired) electrons. The number of fused-ring (bicyclic) bond motifs is 3. The number of nitriles is 1. The molecule has 2 heterocycles. The van der Waals surface area contributed by atoms with Crippen LogP contribution in [0.5, 0.6) is 0 Å². The van der Waals surface area contributed by atoms with E-state index in [2.05, 4.69) is 17.1 Å². The zero-order chi connectivity index (χ0) is 21.6. The van der Waals surface area contributed by atoms with Crippen LogP contribution in [-0.4, -0.2) is 17.6 Å². The van der Waals surface area contributed by atoms with Gasteiger partial charge in [-0.05, 0) is 50.5 Å². The van der Waals surface area contributed by atoms with Crippen molar-refractivity contribution in [3.8, 4) is 6.07 Å². The first-order chi connectivity index (χ1) is 14.4. The highest BCUT2D eigenvalue weighted by Gasteiger charge is 2.37. The predicted molar refractivity (Wildman–Crippen MR) is 115 cm³/mol. The van der Waals surface area contributed by atoms with Gasteiger partial charge in [-0.1, -0.05) is 24.3 Å². The quantitative estimate of drug-likeness (QED) is 0.626. The minimum Gasteiger partial charge on any atom is -0.463 e. The molecule has 0 bridgehead atoms. The van der Waals surface area contributed by atoms with Gasteiger partial charge in [0.2, 0.25) is 5.88 Å². The van der Waals surface area contributed by atoms with Crippen molar-refractivity contribution in [1.82, 2.24) is 4.98 Å². The van der Waals surface area contributed by atoms with E-state index in [1.807, 2.05) is 38.1 Å². The van der Waals surface area contributed by atoms with E-state index in [-0.39, 0.29) is 18.1 Å². The summed E-state index contributed by atoms with van der Waals surface area (Å²) in [6.07, 6.45) is 0. The summed E-state index contributed by atoms with van der Waals surface area (Å²) in [6.45, 7) is 7.67. The minimum atomic E-state index is -0.653. The Morgan fingerprint density at radius 3 is 2.73 bits per heavy atom.